The predicted molar refractivity (Wildman–Crippen MR) is 44.8 cm³/mol. The van der Waals surface area contributed by atoms with E-state index >= 15 is 0 Å². The molecule has 0 aliphatic rings. The molecule has 4 heteroatoms. The number of aliphatic carboxylic acids is 1. The lowest BCUT2D eigenvalue weighted by molar-refractivity contribution is -0.138. The first kappa shape index (κ1) is 10.9. The van der Waals surface area contributed by atoms with Crippen LogP contribution in [0.5, 0.6) is 0 Å². The SMILES string of the molecule is CCC(=O)N(CC)CCC(=O)O. The minimum Gasteiger partial charge on any atom is -0.481 e. The van der Waals surface area contributed by atoms with Gasteiger partial charge in [-0.2, -0.15) is 0 Å². The van der Waals surface area contributed by atoms with E-state index < -0.39 is 5.97 Å². The lowest BCUT2D eigenvalue weighted by Crippen LogP contribution is -2.32. The van der Waals surface area contributed by atoms with Crippen molar-refractivity contribution in [1.29, 1.82) is 0 Å². The molecule has 0 heterocycles. The lowest BCUT2D eigenvalue weighted by atomic mass is 10.3. The maximum Gasteiger partial charge on any atom is 0.305 e. The summed E-state index contributed by atoms with van der Waals surface area (Å²) in [6.07, 6.45) is 0.465. The van der Waals surface area contributed by atoms with Crippen LogP contribution in [0, 0.1) is 0 Å². The summed E-state index contributed by atoms with van der Waals surface area (Å²) >= 11 is 0. The highest BCUT2D eigenvalue weighted by Crippen LogP contribution is 1.95. The average Bonchev–Trinajstić information content (AvgIpc) is 2.04. The molecule has 0 saturated carbocycles. The summed E-state index contributed by atoms with van der Waals surface area (Å²) in [5.41, 5.74) is 0. The van der Waals surface area contributed by atoms with E-state index in [-0.39, 0.29) is 12.3 Å². The van der Waals surface area contributed by atoms with Crippen LogP contribution < -0.4 is 0 Å². The van der Waals surface area contributed by atoms with Crippen molar-refractivity contribution in [2.75, 3.05) is 13.1 Å². The number of carboxylic acids is 1. The number of hydrogen-bond acceptors (Lipinski definition) is 2. The first-order chi connectivity index (χ1) is 5.61. The van der Waals surface area contributed by atoms with Crippen molar-refractivity contribution in [3.63, 3.8) is 0 Å². The molecule has 0 unspecified atom stereocenters. The molecule has 0 atom stereocenters. The Morgan fingerprint density at radius 2 is 1.92 bits per heavy atom. The van der Waals surface area contributed by atoms with Crippen molar-refractivity contribution in [3.8, 4) is 0 Å². The maximum absolute atomic E-state index is 11.1. The number of nitrogens with zero attached hydrogens (tertiary/aromatic N) is 1. The fraction of sp³-hybridized carbons (Fsp3) is 0.750. The fourth-order valence-corrected chi connectivity index (χ4v) is 0.913. The summed E-state index contributed by atoms with van der Waals surface area (Å²) in [6.45, 7) is 4.51. The number of carboxylic acid groups (broad SMARTS) is 1. The molecule has 12 heavy (non-hydrogen) atoms. The van der Waals surface area contributed by atoms with Crippen LogP contribution in [-0.2, 0) is 9.59 Å². The molecule has 0 fully saturated rings. The highest BCUT2D eigenvalue weighted by Gasteiger charge is 2.09. The predicted octanol–water partition coefficient (Wildman–Crippen LogP) is 0.720. The number of hydrogen-bond donors (Lipinski definition) is 1. The Bertz CT molecular complexity index is 168. The minimum atomic E-state index is -0.864. The second kappa shape index (κ2) is 5.57. The van der Waals surface area contributed by atoms with Crippen molar-refractivity contribution >= 4 is 11.9 Å². The summed E-state index contributed by atoms with van der Waals surface area (Å²) in [5.74, 6) is -0.851. The Balaban J connectivity index is 3.83. The van der Waals surface area contributed by atoms with E-state index in [1.807, 2.05) is 6.92 Å². The molecule has 0 saturated heterocycles. The van der Waals surface area contributed by atoms with E-state index in [1.54, 1.807) is 11.8 Å². The van der Waals surface area contributed by atoms with Gasteiger partial charge in [-0.15, -0.1) is 0 Å². The van der Waals surface area contributed by atoms with Crippen LogP contribution in [-0.4, -0.2) is 35.0 Å². The van der Waals surface area contributed by atoms with E-state index in [9.17, 15) is 9.59 Å². The van der Waals surface area contributed by atoms with Crippen LogP contribution in [0.25, 0.3) is 0 Å². The van der Waals surface area contributed by atoms with Crippen LogP contribution in [0.2, 0.25) is 0 Å². The van der Waals surface area contributed by atoms with Gasteiger partial charge in [0.15, 0.2) is 0 Å². The van der Waals surface area contributed by atoms with E-state index in [4.69, 9.17) is 5.11 Å². The third-order valence-corrected chi connectivity index (χ3v) is 1.63. The molecule has 0 aromatic carbocycles. The van der Waals surface area contributed by atoms with E-state index in [0.717, 1.165) is 0 Å². The van der Waals surface area contributed by atoms with Gasteiger partial charge < -0.3 is 10.0 Å². The van der Waals surface area contributed by atoms with Crippen LogP contribution >= 0.6 is 0 Å². The zero-order chi connectivity index (χ0) is 9.56. The zero-order valence-corrected chi connectivity index (χ0v) is 7.54. The van der Waals surface area contributed by atoms with Gasteiger partial charge in [-0.05, 0) is 6.92 Å². The fourth-order valence-electron chi connectivity index (χ4n) is 0.913. The molecule has 0 rings (SSSR count). The summed E-state index contributed by atoms with van der Waals surface area (Å²) in [5, 5.41) is 8.37. The molecule has 0 aliphatic carbocycles. The monoisotopic (exact) mass is 173 g/mol. The van der Waals surface area contributed by atoms with Crippen LogP contribution in [0.4, 0.5) is 0 Å². The molecule has 1 N–H and O–H groups in total. The van der Waals surface area contributed by atoms with Gasteiger partial charge in [0, 0.05) is 19.5 Å². The molecule has 4 nitrogen and oxygen atoms in total. The van der Waals surface area contributed by atoms with Crippen LogP contribution in [0.1, 0.15) is 26.7 Å². The van der Waals surface area contributed by atoms with Gasteiger partial charge >= 0.3 is 5.97 Å². The van der Waals surface area contributed by atoms with Gasteiger partial charge in [-0.1, -0.05) is 6.92 Å². The van der Waals surface area contributed by atoms with Crippen molar-refractivity contribution < 1.29 is 14.7 Å². The topological polar surface area (TPSA) is 57.6 Å². The standard InChI is InChI=1S/C8H15NO3/c1-3-7(10)9(4-2)6-5-8(11)12/h3-6H2,1-2H3,(H,11,12). The molecular formula is C8H15NO3. The van der Waals surface area contributed by atoms with E-state index in [2.05, 4.69) is 0 Å². The van der Waals surface area contributed by atoms with Gasteiger partial charge in [0.05, 0.1) is 6.42 Å². The first-order valence-electron chi connectivity index (χ1n) is 4.11. The maximum atomic E-state index is 11.1. The highest BCUT2D eigenvalue weighted by molar-refractivity contribution is 5.76. The van der Waals surface area contributed by atoms with Gasteiger partial charge in [-0.25, -0.2) is 0 Å². The lowest BCUT2D eigenvalue weighted by Gasteiger charge is -2.18. The molecule has 0 spiro atoms. The molecule has 70 valence electrons. The molecule has 1 amide bonds. The second-order valence-corrected chi connectivity index (χ2v) is 2.47. The molecule has 0 aromatic heterocycles. The normalized spacial score (nSPS) is 9.50. The summed E-state index contributed by atoms with van der Waals surface area (Å²) in [4.78, 5) is 22.8. The highest BCUT2D eigenvalue weighted by atomic mass is 16.4. The first-order valence-corrected chi connectivity index (χ1v) is 4.11. The van der Waals surface area contributed by atoms with Gasteiger partial charge in [-0.3, -0.25) is 9.59 Å². The Morgan fingerprint density at radius 3 is 2.25 bits per heavy atom. The molecule has 0 aliphatic heterocycles. The zero-order valence-electron chi connectivity index (χ0n) is 7.54. The largest absolute Gasteiger partial charge is 0.481 e. The Hall–Kier alpha value is -1.06. The molecular weight excluding hydrogens is 158 g/mol. The second-order valence-electron chi connectivity index (χ2n) is 2.47. The quantitative estimate of drug-likeness (QED) is 0.666. The summed E-state index contributed by atoms with van der Waals surface area (Å²) < 4.78 is 0. The van der Waals surface area contributed by atoms with Crippen molar-refractivity contribution in [2.45, 2.75) is 26.7 Å². The van der Waals surface area contributed by atoms with Crippen LogP contribution in [0.3, 0.4) is 0 Å². The third-order valence-electron chi connectivity index (χ3n) is 1.63. The molecule has 0 aromatic rings. The molecule has 0 bridgehead atoms. The van der Waals surface area contributed by atoms with Crippen molar-refractivity contribution in [2.24, 2.45) is 0 Å². The Morgan fingerprint density at radius 1 is 1.33 bits per heavy atom. The average molecular weight is 173 g/mol. The number of rotatable bonds is 5. The van der Waals surface area contributed by atoms with Gasteiger partial charge in [0.1, 0.15) is 0 Å². The van der Waals surface area contributed by atoms with Crippen molar-refractivity contribution in [3.05, 3.63) is 0 Å². The number of carbonyl (C=O) groups is 2. The Labute approximate surface area is 72.2 Å². The third kappa shape index (κ3) is 3.95. The smallest absolute Gasteiger partial charge is 0.305 e. The number of carbonyl (C=O) groups excluding carboxylic acids is 1. The van der Waals surface area contributed by atoms with Gasteiger partial charge in [0.25, 0.3) is 0 Å². The molecule has 0 radical (unpaired) electrons. The van der Waals surface area contributed by atoms with Crippen LogP contribution in [0.15, 0.2) is 0 Å². The Kier molecular flexibility index (Phi) is 5.08. The summed E-state index contributed by atoms with van der Waals surface area (Å²) in [7, 11) is 0. The minimum absolute atomic E-state index is 0.0127. The number of amides is 1. The summed E-state index contributed by atoms with van der Waals surface area (Å²) in [6, 6.07) is 0. The van der Waals surface area contributed by atoms with Crippen molar-refractivity contribution in [1.82, 2.24) is 4.90 Å². The van der Waals surface area contributed by atoms with E-state index in [0.29, 0.717) is 19.5 Å². The van der Waals surface area contributed by atoms with E-state index in [1.165, 1.54) is 0 Å². The van der Waals surface area contributed by atoms with Gasteiger partial charge in [0.2, 0.25) is 5.91 Å².